The number of hydrogen-bond donors (Lipinski definition) is 0. The maximum absolute atomic E-state index is 12.2. The second-order valence-corrected chi connectivity index (χ2v) is 4.47. The van der Waals surface area contributed by atoms with Gasteiger partial charge in [0.15, 0.2) is 12.4 Å². The molecule has 0 saturated heterocycles. The summed E-state index contributed by atoms with van der Waals surface area (Å²) in [7, 11) is 0. The molecule has 1 unspecified atom stereocenters. The van der Waals surface area contributed by atoms with E-state index >= 15 is 0 Å². The predicted octanol–water partition coefficient (Wildman–Crippen LogP) is 3.47. The van der Waals surface area contributed by atoms with Gasteiger partial charge in [-0.05, 0) is 25.8 Å². The maximum Gasteiger partial charge on any atom is 0.340 e. The van der Waals surface area contributed by atoms with Gasteiger partial charge in [-0.25, -0.2) is 4.79 Å². The first-order chi connectivity index (χ1) is 9.69. The molecular formula is C16H24O4. The highest BCUT2D eigenvalue weighted by atomic mass is 16.7. The molecule has 0 amide bonds. The number of carbonyl (C=O) groups is 1. The Labute approximate surface area is 121 Å². The Morgan fingerprint density at radius 2 is 1.90 bits per heavy atom. The number of rotatable bonds is 9. The van der Waals surface area contributed by atoms with E-state index in [1.54, 1.807) is 6.92 Å². The summed E-state index contributed by atoms with van der Waals surface area (Å²) in [4.78, 5) is 12.2. The van der Waals surface area contributed by atoms with Crippen LogP contribution in [-0.2, 0) is 19.0 Å². The molecule has 0 aromatic heterocycles. The SMILES string of the molecule is CCCCOC(=O)[C@@H](OC(C)OCC)c1ccccc1. The third-order valence-corrected chi connectivity index (χ3v) is 2.79. The summed E-state index contributed by atoms with van der Waals surface area (Å²) in [5.41, 5.74) is 0.778. The van der Waals surface area contributed by atoms with Crippen LogP contribution in [0.4, 0.5) is 0 Å². The van der Waals surface area contributed by atoms with Gasteiger partial charge in [-0.2, -0.15) is 0 Å². The standard InChI is InChI=1S/C16H24O4/c1-4-6-12-19-16(17)15(20-13(3)18-5-2)14-10-8-7-9-11-14/h7-11,13,15H,4-6,12H2,1-3H3/t13?,15-/m0/s1. The van der Waals surface area contributed by atoms with Crippen LogP contribution in [0.15, 0.2) is 30.3 Å². The Bertz CT molecular complexity index is 377. The van der Waals surface area contributed by atoms with E-state index in [0.29, 0.717) is 13.2 Å². The average Bonchev–Trinajstić information content (AvgIpc) is 2.46. The van der Waals surface area contributed by atoms with Gasteiger partial charge in [0.2, 0.25) is 0 Å². The first kappa shape index (κ1) is 16.7. The molecule has 2 atom stereocenters. The highest BCUT2D eigenvalue weighted by Gasteiger charge is 2.25. The van der Waals surface area contributed by atoms with E-state index in [0.717, 1.165) is 18.4 Å². The molecule has 0 aliphatic rings. The minimum Gasteiger partial charge on any atom is -0.464 e. The molecule has 4 heteroatoms. The van der Waals surface area contributed by atoms with Gasteiger partial charge in [0, 0.05) is 6.61 Å². The van der Waals surface area contributed by atoms with Crippen LogP contribution >= 0.6 is 0 Å². The van der Waals surface area contributed by atoms with Crippen molar-refractivity contribution in [3.8, 4) is 0 Å². The summed E-state index contributed by atoms with van der Waals surface area (Å²) in [5.74, 6) is -0.365. The van der Waals surface area contributed by atoms with Crippen LogP contribution in [-0.4, -0.2) is 25.5 Å². The van der Waals surface area contributed by atoms with Gasteiger partial charge in [0.1, 0.15) is 0 Å². The molecule has 20 heavy (non-hydrogen) atoms. The minimum atomic E-state index is -0.741. The highest BCUT2D eigenvalue weighted by molar-refractivity contribution is 5.76. The number of unbranched alkanes of at least 4 members (excludes halogenated alkanes) is 1. The molecule has 112 valence electrons. The summed E-state index contributed by atoms with van der Waals surface area (Å²) in [6, 6.07) is 9.34. The predicted molar refractivity (Wildman–Crippen MR) is 77.2 cm³/mol. The van der Waals surface area contributed by atoms with Gasteiger partial charge in [0.25, 0.3) is 0 Å². The van der Waals surface area contributed by atoms with E-state index in [4.69, 9.17) is 14.2 Å². The van der Waals surface area contributed by atoms with E-state index in [2.05, 4.69) is 6.92 Å². The molecule has 0 spiro atoms. The number of esters is 1. The molecule has 0 saturated carbocycles. The monoisotopic (exact) mass is 280 g/mol. The summed E-state index contributed by atoms with van der Waals surface area (Å²) in [6.45, 7) is 6.67. The summed E-state index contributed by atoms with van der Waals surface area (Å²) in [5, 5.41) is 0. The lowest BCUT2D eigenvalue weighted by Crippen LogP contribution is -2.25. The molecule has 0 radical (unpaired) electrons. The zero-order chi connectivity index (χ0) is 14.8. The summed E-state index contributed by atoms with van der Waals surface area (Å²) in [6.07, 6.45) is 0.645. The van der Waals surface area contributed by atoms with Crippen LogP contribution in [0.1, 0.15) is 45.3 Å². The average molecular weight is 280 g/mol. The molecule has 4 nitrogen and oxygen atoms in total. The van der Waals surface area contributed by atoms with Gasteiger partial charge < -0.3 is 14.2 Å². The van der Waals surface area contributed by atoms with Crippen LogP contribution < -0.4 is 0 Å². The van der Waals surface area contributed by atoms with Gasteiger partial charge in [-0.15, -0.1) is 0 Å². The third kappa shape index (κ3) is 5.72. The van der Waals surface area contributed by atoms with Crippen LogP contribution in [0.5, 0.6) is 0 Å². The Morgan fingerprint density at radius 3 is 2.50 bits per heavy atom. The molecule has 0 fully saturated rings. The van der Waals surface area contributed by atoms with Gasteiger partial charge in [-0.3, -0.25) is 0 Å². The van der Waals surface area contributed by atoms with Crippen molar-refractivity contribution in [1.82, 2.24) is 0 Å². The smallest absolute Gasteiger partial charge is 0.340 e. The molecule has 0 aliphatic heterocycles. The van der Waals surface area contributed by atoms with Crippen molar-refractivity contribution in [2.24, 2.45) is 0 Å². The first-order valence-corrected chi connectivity index (χ1v) is 7.17. The normalized spacial score (nSPS) is 13.8. The Balaban J connectivity index is 2.71. The van der Waals surface area contributed by atoms with E-state index in [1.165, 1.54) is 0 Å². The largest absolute Gasteiger partial charge is 0.464 e. The van der Waals surface area contributed by atoms with E-state index in [9.17, 15) is 4.79 Å². The zero-order valence-corrected chi connectivity index (χ0v) is 12.5. The fourth-order valence-corrected chi connectivity index (χ4v) is 1.76. The molecule has 1 aromatic rings. The molecule has 0 bridgehead atoms. The van der Waals surface area contributed by atoms with Crippen molar-refractivity contribution >= 4 is 5.97 Å². The lowest BCUT2D eigenvalue weighted by Gasteiger charge is -2.21. The molecule has 1 rings (SSSR count). The minimum absolute atomic E-state index is 0.365. The molecule has 1 aromatic carbocycles. The number of ether oxygens (including phenoxy) is 3. The number of carbonyl (C=O) groups excluding carboxylic acids is 1. The van der Waals surface area contributed by atoms with Crippen LogP contribution in [0, 0.1) is 0 Å². The van der Waals surface area contributed by atoms with Crippen LogP contribution in [0.2, 0.25) is 0 Å². The van der Waals surface area contributed by atoms with Gasteiger partial charge in [0.05, 0.1) is 6.61 Å². The number of hydrogen-bond acceptors (Lipinski definition) is 4. The molecule has 0 aliphatic carbocycles. The van der Waals surface area contributed by atoms with Crippen molar-refractivity contribution < 1.29 is 19.0 Å². The maximum atomic E-state index is 12.2. The Hall–Kier alpha value is -1.39. The van der Waals surface area contributed by atoms with Gasteiger partial charge >= 0.3 is 5.97 Å². The van der Waals surface area contributed by atoms with Crippen molar-refractivity contribution in [2.45, 2.75) is 46.0 Å². The molecular weight excluding hydrogens is 256 g/mol. The Kier molecular flexibility index (Phi) is 7.92. The summed E-state index contributed by atoms with van der Waals surface area (Å²) >= 11 is 0. The lowest BCUT2D eigenvalue weighted by molar-refractivity contribution is -0.189. The quantitative estimate of drug-likeness (QED) is 0.395. The van der Waals surface area contributed by atoms with Crippen LogP contribution in [0.3, 0.4) is 0 Å². The summed E-state index contributed by atoms with van der Waals surface area (Å²) < 4.78 is 16.3. The van der Waals surface area contributed by atoms with Gasteiger partial charge in [-0.1, -0.05) is 43.7 Å². The van der Waals surface area contributed by atoms with E-state index in [1.807, 2.05) is 37.3 Å². The van der Waals surface area contributed by atoms with Crippen LogP contribution in [0.25, 0.3) is 0 Å². The second-order valence-electron chi connectivity index (χ2n) is 4.47. The topological polar surface area (TPSA) is 44.8 Å². The number of benzene rings is 1. The third-order valence-electron chi connectivity index (χ3n) is 2.79. The fourth-order valence-electron chi connectivity index (χ4n) is 1.76. The second kappa shape index (κ2) is 9.50. The molecule has 0 N–H and O–H groups in total. The fraction of sp³-hybridized carbons (Fsp3) is 0.562. The van der Waals surface area contributed by atoms with E-state index in [-0.39, 0.29) is 5.97 Å². The molecule has 0 heterocycles. The van der Waals surface area contributed by atoms with Crippen molar-refractivity contribution in [1.29, 1.82) is 0 Å². The first-order valence-electron chi connectivity index (χ1n) is 7.17. The van der Waals surface area contributed by atoms with E-state index < -0.39 is 12.4 Å². The van der Waals surface area contributed by atoms with Crippen molar-refractivity contribution in [3.63, 3.8) is 0 Å². The Morgan fingerprint density at radius 1 is 1.20 bits per heavy atom. The zero-order valence-electron chi connectivity index (χ0n) is 12.5. The van der Waals surface area contributed by atoms with Crippen molar-refractivity contribution in [3.05, 3.63) is 35.9 Å². The van der Waals surface area contributed by atoms with Crippen molar-refractivity contribution in [2.75, 3.05) is 13.2 Å². The lowest BCUT2D eigenvalue weighted by atomic mass is 10.1. The highest BCUT2D eigenvalue weighted by Crippen LogP contribution is 2.21.